The largest absolute Gasteiger partial charge is 0.492 e. The first kappa shape index (κ1) is 22.6. The molecule has 4 heterocycles. The summed E-state index contributed by atoms with van der Waals surface area (Å²) in [4.78, 5) is 36.2. The molecule has 11 heteroatoms. The van der Waals surface area contributed by atoms with Gasteiger partial charge in [0.2, 0.25) is 0 Å². The minimum Gasteiger partial charge on any atom is -0.492 e. The van der Waals surface area contributed by atoms with Crippen LogP contribution in [0.25, 0.3) is 10.9 Å². The molecule has 2 N–H and O–H groups in total. The molecule has 0 saturated carbocycles. The van der Waals surface area contributed by atoms with Gasteiger partial charge in [-0.1, -0.05) is 11.3 Å². The SMILES string of the molecule is [B]C([B])([B])NC(=O)c1ccc(N2CCN(Cc3ccc4c5c(c(=O)[nH]c4c3)CCO5)CC2)cn1. The highest BCUT2D eigenvalue weighted by Crippen LogP contribution is 2.31. The van der Waals surface area contributed by atoms with Crippen molar-refractivity contribution in [3.05, 3.63) is 63.7 Å². The van der Waals surface area contributed by atoms with E-state index in [1.807, 2.05) is 18.2 Å². The first-order valence-electron chi connectivity index (χ1n) is 11.2. The molecule has 34 heavy (non-hydrogen) atoms. The Kier molecular flexibility index (Phi) is 5.89. The number of rotatable bonds is 5. The fourth-order valence-electron chi connectivity index (χ4n) is 4.49. The van der Waals surface area contributed by atoms with Crippen molar-refractivity contribution in [1.82, 2.24) is 20.2 Å². The predicted octanol–water partition coefficient (Wildman–Crippen LogP) is 0.0268. The monoisotopic (exact) mass is 449 g/mol. The lowest BCUT2D eigenvalue weighted by atomic mass is 9.49. The summed E-state index contributed by atoms with van der Waals surface area (Å²) in [6, 6.07) is 9.65. The normalized spacial score (nSPS) is 16.3. The minimum atomic E-state index is -1.79. The van der Waals surface area contributed by atoms with Crippen LogP contribution in [-0.2, 0) is 13.0 Å². The van der Waals surface area contributed by atoms with Crippen LogP contribution in [0.1, 0.15) is 21.6 Å². The van der Waals surface area contributed by atoms with Crippen LogP contribution in [0.2, 0.25) is 0 Å². The van der Waals surface area contributed by atoms with Crippen molar-refractivity contribution in [1.29, 1.82) is 0 Å². The zero-order chi connectivity index (χ0) is 23.9. The molecule has 2 aliphatic heterocycles. The van der Waals surface area contributed by atoms with Crippen LogP contribution in [0.4, 0.5) is 5.69 Å². The number of H-pyrrole nitrogens is 1. The second kappa shape index (κ2) is 8.87. The van der Waals surface area contributed by atoms with Crippen molar-refractivity contribution >= 4 is 46.0 Å². The summed E-state index contributed by atoms with van der Waals surface area (Å²) in [5.41, 5.74) is 3.77. The van der Waals surface area contributed by atoms with Crippen molar-refractivity contribution in [2.45, 2.75) is 18.2 Å². The lowest BCUT2D eigenvalue weighted by molar-refractivity contribution is 0.0947. The molecule has 166 valence electrons. The highest BCUT2D eigenvalue weighted by molar-refractivity contribution is 6.60. The number of pyridine rings is 2. The molecule has 1 saturated heterocycles. The van der Waals surface area contributed by atoms with E-state index in [2.05, 4.69) is 31.2 Å². The number of piperazine rings is 1. The Hall–Kier alpha value is -3.20. The molecule has 1 amide bonds. The Morgan fingerprint density at radius 3 is 2.65 bits per heavy atom. The number of aromatic nitrogens is 2. The van der Waals surface area contributed by atoms with E-state index in [4.69, 9.17) is 28.3 Å². The van der Waals surface area contributed by atoms with Gasteiger partial charge in [0.05, 0.1) is 53.1 Å². The van der Waals surface area contributed by atoms with E-state index in [0.29, 0.717) is 13.0 Å². The average Bonchev–Trinajstić information content (AvgIpc) is 3.30. The zero-order valence-electron chi connectivity index (χ0n) is 18.7. The maximum Gasteiger partial charge on any atom is 0.268 e. The molecule has 5 rings (SSSR count). The third kappa shape index (κ3) is 4.70. The number of hydrogen-bond acceptors (Lipinski definition) is 6. The summed E-state index contributed by atoms with van der Waals surface area (Å²) < 4.78 is 5.70. The number of benzene rings is 1. The maximum absolute atomic E-state index is 12.3. The van der Waals surface area contributed by atoms with Gasteiger partial charge in [-0.25, -0.2) is 4.98 Å². The number of carbonyl (C=O) groups excluding carboxylic acids is 1. The van der Waals surface area contributed by atoms with Gasteiger partial charge in [-0.3, -0.25) is 14.5 Å². The number of nitrogens with one attached hydrogen (secondary N) is 2. The van der Waals surface area contributed by atoms with Gasteiger partial charge >= 0.3 is 0 Å². The summed E-state index contributed by atoms with van der Waals surface area (Å²) >= 11 is 0. The number of aromatic amines is 1. The van der Waals surface area contributed by atoms with Crippen molar-refractivity contribution in [3.8, 4) is 5.75 Å². The van der Waals surface area contributed by atoms with Crippen LogP contribution in [-0.4, -0.2) is 82.3 Å². The topological polar surface area (TPSA) is 90.6 Å². The lowest BCUT2D eigenvalue weighted by Crippen LogP contribution is -2.50. The first-order valence-corrected chi connectivity index (χ1v) is 11.2. The summed E-state index contributed by atoms with van der Waals surface area (Å²) in [5, 5.41) is 1.44. The van der Waals surface area contributed by atoms with Crippen molar-refractivity contribution in [2.24, 2.45) is 0 Å². The van der Waals surface area contributed by atoms with Gasteiger partial charge in [0, 0.05) is 44.5 Å². The van der Waals surface area contributed by atoms with E-state index < -0.39 is 11.1 Å². The number of ether oxygens (including phenoxy) is 1. The number of amides is 1. The molecule has 2 aromatic heterocycles. The molecule has 1 fully saturated rings. The number of anilines is 1. The fourth-order valence-corrected chi connectivity index (χ4v) is 4.49. The van der Waals surface area contributed by atoms with E-state index in [1.165, 1.54) is 0 Å². The van der Waals surface area contributed by atoms with Gasteiger partial charge in [0.25, 0.3) is 11.5 Å². The molecule has 3 aromatic rings. The molecule has 0 spiro atoms. The van der Waals surface area contributed by atoms with Crippen molar-refractivity contribution in [2.75, 3.05) is 37.7 Å². The Balaban J connectivity index is 1.20. The van der Waals surface area contributed by atoms with Crippen LogP contribution < -0.4 is 20.5 Å². The van der Waals surface area contributed by atoms with Crippen LogP contribution in [0.15, 0.2) is 41.3 Å². The third-order valence-corrected chi connectivity index (χ3v) is 6.18. The molecule has 0 bridgehead atoms. The van der Waals surface area contributed by atoms with E-state index in [9.17, 15) is 9.59 Å². The second-order valence-electron chi connectivity index (χ2n) is 8.79. The third-order valence-electron chi connectivity index (χ3n) is 6.18. The predicted molar refractivity (Wildman–Crippen MR) is 133 cm³/mol. The van der Waals surface area contributed by atoms with Crippen LogP contribution in [0.3, 0.4) is 0 Å². The summed E-state index contributed by atoms with van der Waals surface area (Å²) in [5.74, 6) is 0.196. The Morgan fingerprint density at radius 2 is 1.94 bits per heavy atom. The van der Waals surface area contributed by atoms with Gasteiger partial charge in [-0.2, -0.15) is 0 Å². The highest BCUT2D eigenvalue weighted by Gasteiger charge is 2.22. The van der Waals surface area contributed by atoms with E-state index >= 15 is 0 Å². The van der Waals surface area contributed by atoms with Crippen molar-refractivity contribution < 1.29 is 9.53 Å². The maximum atomic E-state index is 12.3. The standard InChI is InChI=1S/C23H22B3N5O3/c24-23(25,26)29-22(33)18-4-2-15(12-27-18)31-8-6-30(7-9-31)13-14-1-3-16-19(11-14)28-21(32)17-5-10-34-20(16)17/h1-4,11-12H,5-10,13H2,(H,28,32)(H,29,33). The molecule has 0 aliphatic carbocycles. The molecular weight excluding hydrogens is 427 g/mol. The fraction of sp³-hybridized carbons (Fsp3) is 0.348. The molecule has 0 unspecified atom stereocenters. The van der Waals surface area contributed by atoms with Crippen LogP contribution in [0.5, 0.6) is 5.75 Å². The van der Waals surface area contributed by atoms with Gasteiger partial charge < -0.3 is 19.9 Å². The van der Waals surface area contributed by atoms with E-state index in [1.54, 1.807) is 12.3 Å². The average molecular weight is 449 g/mol. The molecule has 6 radical (unpaired) electrons. The summed E-state index contributed by atoms with van der Waals surface area (Å²) in [6.45, 7) is 4.76. The van der Waals surface area contributed by atoms with Crippen LogP contribution >= 0.6 is 0 Å². The van der Waals surface area contributed by atoms with Gasteiger partial charge in [-0.15, -0.1) is 0 Å². The smallest absolute Gasteiger partial charge is 0.268 e. The quantitative estimate of drug-likeness (QED) is 0.535. The molecular formula is C23H22B3N5O3. The molecule has 2 aliphatic rings. The van der Waals surface area contributed by atoms with Gasteiger partial charge in [0.1, 0.15) is 11.4 Å². The summed E-state index contributed by atoms with van der Waals surface area (Å²) in [6.07, 6.45) is 2.32. The zero-order valence-corrected chi connectivity index (χ0v) is 18.7. The molecule has 1 aromatic carbocycles. The Bertz CT molecular complexity index is 1280. The highest BCUT2D eigenvalue weighted by atomic mass is 16.5. The molecule has 8 nitrogen and oxygen atoms in total. The van der Waals surface area contributed by atoms with E-state index in [0.717, 1.165) is 66.2 Å². The second-order valence-corrected chi connectivity index (χ2v) is 8.79. The Morgan fingerprint density at radius 1 is 1.15 bits per heavy atom. The van der Waals surface area contributed by atoms with Gasteiger partial charge in [0.15, 0.2) is 0 Å². The molecule has 0 atom stereocenters. The lowest BCUT2D eigenvalue weighted by Gasteiger charge is -2.36. The summed E-state index contributed by atoms with van der Waals surface area (Å²) in [7, 11) is 16.2. The minimum absolute atomic E-state index is 0.0590. The van der Waals surface area contributed by atoms with E-state index in [-0.39, 0.29) is 11.3 Å². The Labute approximate surface area is 201 Å². The first-order chi connectivity index (χ1) is 16.3. The number of carbonyl (C=O) groups is 1. The van der Waals surface area contributed by atoms with Crippen LogP contribution in [0, 0.1) is 0 Å². The van der Waals surface area contributed by atoms with Crippen molar-refractivity contribution in [3.63, 3.8) is 0 Å². The van der Waals surface area contributed by atoms with Gasteiger partial charge in [-0.05, 0) is 29.8 Å². The number of nitrogens with zero attached hydrogens (tertiary/aromatic N) is 3. The number of hydrogen-bond donors (Lipinski definition) is 2. The number of fused-ring (bicyclic) bond motifs is 3.